The molecular weight excluding hydrogens is 276 g/mol. The predicted molar refractivity (Wildman–Crippen MR) is 81.6 cm³/mol. The Kier molecular flexibility index (Phi) is 7.48. The van der Waals surface area contributed by atoms with E-state index in [0.29, 0.717) is 19.4 Å². The Morgan fingerprint density at radius 2 is 1.75 bits per heavy atom. The normalized spacial score (nSPS) is 21.4. The van der Waals surface area contributed by atoms with E-state index >= 15 is 0 Å². The average Bonchev–Trinajstić information content (AvgIpc) is 2.65. The molecule has 0 aromatic heterocycles. The van der Waals surface area contributed by atoms with Crippen LogP contribution >= 0.6 is 0 Å². The van der Waals surface area contributed by atoms with E-state index < -0.39 is 21.5 Å². The largest absolute Gasteiger partial charge is 0.390 e. The first kappa shape index (κ1) is 17.9. The van der Waals surface area contributed by atoms with Gasteiger partial charge < -0.3 is 9.84 Å². The molecule has 1 saturated carbocycles. The summed E-state index contributed by atoms with van der Waals surface area (Å²) in [6.07, 6.45) is 6.84. The third kappa shape index (κ3) is 5.34. The summed E-state index contributed by atoms with van der Waals surface area (Å²) < 4.78 is 28.9. The molecule has 0 aromatic rings. The fourth-order valence-electron chi connectivity index (χ4n) is 3.09. The highest BCUT2D eigenvalue weighted by Crippen LogP contribution is 2.35. The van der Waals surface area contributed by atoms with Crippen LogP contribution in [0.15, 0.2) is 0 Å². The summed E-state index contributed by atoms with van der Waals surface area (Å²) >= 11 is 0. The first-order valence-electron chi connectivity index (χ1n) is 7.98. The number of ether oxygens (including phenoxy) is 1. The van der Waals surface area contributed by atoms with Crippen LogP contribution < -0.4 is 0 Å². The van der Waals surface area contributed by atoms with E-state index in [2.05, 4.69) is 0 Å². The van der Waals surface area contributed by atoms with Gasteiger partial charge in [-0.15, -0.1) is 0 Å². The van der Waals surface area contributed by atoms with Crippen molar-refractivity contribution in [2.24, 2.45) is 0 Å². The minimum atomic E-state index is -2.94. The van der Waals surface area contributed by atoms with Gasteiger partial charge in [-0.3, -0.25) is 0 Å². The monoisotopic (exact) mass is 306 g/mol. The van der Waals surface area contributed by atoms with Crippen molar-refractivity contribution in [2.45, 2.75) is 76.9 Å². The van der Waals surface area contributed by atoms with E-state index in [9.17, 15) is 13.5 Å². The van der Waals surface area contributed by atoms with Gasteiger partial charge in [0.25, 0.3) is 0 Å². The van der Waals surface area contributed by atoms with Gasteiger partial charge in [0.05, 0.1) is 17.5 Å². The predicted octanol–water partition coefficient (Wildman–Crippen LogP) is 2.69. The van der Waals surface area contributed by atoms with Gasteiger partial charge >= 0.3 is 0 Å². The van der Waals surface area contributed by atoms with Crippen LogP contribution in [-0.4, -0.2) is 43.3 Å². The summed E-state index contributed by atoms with van der Waals surface area (Å²) in [5.41, 5.74) is -0.443. The number of hydrogen-bond donors (Lipinski definition) is 1. The summed E-state index contributed by atoms with van der Waals surface area (Å²) in [5, 5.41) is 10.5. The topological polar surface area (TPSA) is 63.6 Å². The van der Waals surface area contributed by atoms with Crippen molar-refractivity contribution in [3.05, 3.63) is 0 Å². The van der Waals surface area contributed by atoms with Gasteiger partial charge in [0.1, 0.15) is 9.84 Å². The van der Waals surface area contributed by atoms with Crippen molar-refractivity contribution in [1.82, 2.24) is 0 Å². The van der Waals surface area contributed by atoms with Crippen molar-refractivity contribution in [2.75, 3.05) is 18.1 Å². The molecule has 0 aliphatic heterocycles. The molecule has 1 aliphatic carbocycles. The van der Waals surface area contributed by atoms with Gasteiger partial charge in [-0.1, -0.05) is 32.6 Å². The van der Waals surface area contributed by atoms with Gasteiger partial charge in [0.2, 0.25) is 0 Å². The first-order chi connectivity index (χ1) is 9.46. The van der Waals surface area contributed by atoms with E-state index in [4.69, 9.17) is 4.74 Å². The minimum absolute atomic E-state index is 0.169. The van der Waals surface area contributed by atoms with Crippen LogP contribution in [0.5, 0.6) is 0 Å². The molecule has 0 spiro atoms. The van der Waals surface area contributed by atoms with Gasteiger partial charge in [-0.05, 0) is 32.6 Å². The molecule has 1 atom stereocenters. The lowest BCUT2D eigenvalue weighted by Crippen LogP contribution is -2.45. The van der Waals surface area contributed by atoms with Crippen molar-refractivity contribution >= 4 is 9.84 Å². The summed E-state index contributed by atoms with van der Waals surface area (Å²) in [7, 11) is -2.94. The molecule has 5 heteroatoms. The SMILES string of the molecule is CCOC1(C(O)CCCS(=O)(=O)CC)CCCCCC1. The summed E-state index contributed by atoms with van der Waals surface area (Å²) in [6, 6.07) is 0. The van der Waals surface area contributed by atoms with Crippen LogP contribution in [-0.2, 0) is 14.6 Å². The molecule has 0 heterocycles. The Bertz CT molecular complexity index is 356. The van der Waals surface area contributed by atoms with E-state index in [1.165, 1.54) is 12.8 Å². The molecule has 0 aromatic carbocycles. The lowest BCUT2D eigenvalue weighted by Gasteiger charge is -2.37. The lowest BCUT2D eigenvalue weighted by molar-refractivity contribution is -0.131. The second-order valence-electron chi connectivity index (χ2n) is 5.81. The molecule has 1 unspecified atom stereocenters. The number of aliphatic hydroxyl groups is 1. The van der Waals surface area contributed by atoms with Crippen LogP contribution in [0, 0.1) is 0 Å². The van der Waals surface area contributed by atoms with E-state index in [-0.39, 0.29) is 11.5 Å². The smallest absolute Gasteiger partial charge is 0.150 e. The molecule has 0 amide bonds. The maximum atomic E-state index is 11.5. The molecule has 120 valence electrons. The third-order valence-corrected chi connectivity index (χ3v) is 6.15. The molecule has 20 heavy (non-hydrogen) atoms. The fraction of sp³-hybridized carbons (Fsp3) is 1.00. The number of aliphatic hydroxyl groups excluding tert-OH is 1. The number of sulfone groups is 1. The second kappa shape index (κ2) is 8.35. The maximum absolute atomic E-state index is 11.5. The van der Waals surface area contributed by atoms with Crippen molar-refractivity contribution in [3.8, 4) is 0 Å². The average molecular weight is 306 g/mol. The molecule has 1 N–H and O–H groups in total. The Morgan fingerprint density at radius 3 is 2.25 bits per heavy atom. The molecular formula is C15H30O4S. The summed E-state index contributed by atoms with van der Waals surface area (Å²) in [6.45, 7) is 4.23. The van der Waals surface area contributed by atoms with Crippen LogP contribution in [0.2, 0.25) is 0 Å². The van der Waals surface area contributed by atoms with E-state index in [1.807, 2.05) is 6.92 Å². The van der Waals surface area contributed by atoms with Crippen molar-refractivity contribution in [1.29, 1.82) is 0 Å². The van der Waals surface area contributed by atoms with Gasteiger partial charge in [0.15, 0.2) is 0 Å². The Balaban J connectivity index is 2.57. The zero-order valence-electron chi connectivity index (χ0n) is 12.9. The molecule has 0 radical (unpaired) electrons. The second-order valence-corrected chi connectivity index (χ2v) is 8.28. The Morgan fingerprint density at radius 1 is 1.15 bits per heavy atom. The summed E-state index contributed by atoms with van der Waals surface area (Å²) in [4.78, 5) is 0. The fourth-order valence-corrected chi connectivity index (χ4v) is 3.99. The van der Waals surface area contributed by atoms with E-state index in [1.54, 1.807) is 6.92 Å². The third-order valence-electron chi connectivity index (χ3n) is 4.36. The molecule has 1 aliphatic rings. The Labute approximate surface area is 123 Å². The highest BCUT2D eigenvalue weighted by Gasteiger charge is 2.38. The number of hydrogen-bond acceptors (Lipinski definition) is 4. The highest BCUT2D eigenvalue weighted by atomic mass is 32.2. The summed E-state index contributed by atoms with van der Waals surface area (Å²) in [5.74, 6) is 0.350. The van der Waals surface area contributed by atoms with Gasteiger partial charge in [0, 0.05) is 12.4 Å². The van der Waals surface area contributed by atoms with Gasteiger partial charge in [-0.2, -0.15) is 0 Å². The van der Waals surface area contributed by atoms with E-state index in [0.717, 1.165) is 25.7 Å². The van der Waals surface area contributed by atoms with Crippen molar-refractivity contribution in [3.63, 3.8) is 0 Å². The van der Waals surface area contributed by atoms with Crippen molar-refractivity contribution < 1.29 is 18.3 Å². The van der Waals surface area contributed by atoms with Crippen LogP contribution in [0.3, 0.4) is 0 Å². The van der Waals surface area contributed by atoms with Crippen LogP contribution in [0.25, 0.3) is 0 Å². The lowest BCUT2D eigenvalue weighted by atomic mass is 9.85. The standard InChI is InChI=1S/C15H30O4S/c1-3-19-15(11-7-5-6-8-12-15)14(16)10-9-13-20(17,18)4-2/h14,16H,3-13H2,1-2H3. The minimum Gasteiger partial charge on any atom is -0.390 e. The zero-order chi connectivity index (χ0) is 15.1. The van der Waals surface area contributed by atoms with Gasteiger partial charge in [-0.25, -0.2) is 8.42 Å². The molecule has 1 rings (SSSR count). The Hall–Kier alpha value is -0.130. The zero-order valence-corrected chi connectivity index (χ0v) is 13.8. The maximum Gasteiger partial charge on any atom is 0.150 e. The first-order valence-corrected chi connectivity index (χ1v) is 9.80. The molecule has 1 fully saturated rings. The molecule has 0 bridgehead atoms. The van der Waals surface area contributed by atoms with Crippen LogP contribution in [0.4, 0.5) is 0 Å². The number of rotatable bonds is 8. The molecule has 4 nitrogen and oxygen atoms in total. The van der Waals surface area contributed by atoms with Crippen LogP contribution in [0.1, 0.15) is 65.2 Å². The highest BCUT2D eigenvalue weighted by molar-refractivity contribution is 7.91. The molecule has 0 saturated heterocycles. The quantitative estimate of drug-likeness (QED) is 0.700.